The molecular weight excluding hydrogens is 356 g/mol. The van der Waals surface area contributed by atoms with Crippen molar-refractivity contribution >= 4 is 11.8 Å². The summed E-state index contributed by atoms with van der Waals surface area (Å²) in [6, 6.07) is 5.80. The van der Waals surface area contributed by atoms with Crippen LogP contribution in [0.5, 0.6) is 0 Å². The van der Waals surface area contributed by atoms with Crippen LogP contribution in [0.4, 0.5) is 11.8 Å². The molecule has 28 heavy (non-hydrogen) atoms. The van der Waals surface area contributed by atoms with Gasteiger partial charge in [0.1, 0.15) is 5.82 Å². The van der Waals surface area contributed by atoms with Crippen molar-refractivity contribution in [1.82, 2.24) is 19.9 Å². The molecule has 8 nitrogen and oxygen atoms in total. The van der Waals surface area contributed by atoms with Crippen LogP contribution >= 0.6 is 0 Å². The van der Waals surface area contributed by atoms with Gasteiger partial charge in [0.05, 0.1) is 18.9 Å². The molecule has 0 saturated carbocycles. The van der Waals surface area contributed by atoms with Gasteiger partial charge in [0.25, 0.3) is 5.56 Å². The molecule has 0 aromatic carbocycles. The van der Waals surface area contributed by atoms with Crippen LogP contribution in [0.25, 0.3) is 0 Å². The molecule has 2 fully saturated rings. The third-order valence-electron chi connectivity index (χ3n) is 5.55. The molecule has 0 aliphatic carbocycles. The highest BCUT2D eigenvalue weighted by molar-refractivity contribution is 5.34. The number of hydrogen-bond donors (Lipinski definition) is 2. The Balaban J connectivity index is 1.37. The zero-order valence-electron chi connectivity index (χ0n) is 16.4. The number of nitrogens with zero attached hydrogens (tertiary/aromatic N) is 4. The number of ether oxygens (including phenoxy) is 1. The molecule has 2 aliphatic heterocycles. The van der Waals surface area contributed by atoms with Crippen molar-refractivity contribution in [3.63, 3.8) is 0 Å². The Kier molecular flexibility index (Phi) is 5.87. The first-order chi connectivity index (χ1) is 13.7. The van der Waals surface area contributed by atoms with Crippen molar-refractivity contribution in [3.8, 4) is 0 Å². The molecular formula is C20H28N6O2. The maximum Gasteiger partial charge on any atom is 0.252 e. The third-order valence-corrected chi connectivity index (χ3v) is 5.55. The summed E-state index contributed by atoms with van der Waals surface area (Å²) in [4.78, 5) is 28.8. The van der Waals surface area contributed by atoms with Gasteiger partial charge in [-0.25, -0.2) is 9.97 Å². The summed E-state index contributed by atoms with van der Waals surface area (Å²) < 4.78 is 5.40. The summed E-state index contributed by atoms with van der Waals surface area (Å²) in [5.74, 6) is 1.91. The van der Waals surface area contributed by atoms with Gasteiger partial charge in [0.15, 0.2) is 0 Å². The predicted octanol–water partition coefficient (Wildman–Crippen LogP) is 1.42. The fourth-order valence-corrected chi connectivity index (χ4v) is 3.91. The Morgan fingerprint density at radius 2 is 2.00 bits per heavy atom. The summed E-state index contributed by atoms with van der Waals surface area (Å²) in [5, 5.41) is 3.04. The normalized spacial score (nSPS) is 19.0. The molecule has 2 saturated heterocycles. The van der Waals surface area contributed by atoms with Crippen LogP contribution in [0, 0.1) is 0 Å². The van der Waals surface area contributed by atoms with Crippen molar-refractivity contribution < 1.29 is 4.74 Å². The molecule has 4 heterocycles. The Morgan fingerprint density at radius 1 is 1.21 bits per heavy atom. The highest BCUT2D eigenvalue weighted by Crippen LogP contribution is 2.27. The van der Waals surface area contributed by atoms with E-state index in [0.717, 1.165) is 57.1 Å². The molecule has 0 atom stereocenters. The van der Waals surface area contributed by atoms with E-state index in [2.05, 4.69) is 31.2 Å². The SMILES string of the molecule is CNc1ccc(CN2CCC(c3cc(=O)[nH]c(N4CCOCC4)n3)CC2)cn1. The molecule has 4 rings (SSSR count). The molecule has 0 bridgehead atoms. The fraction of sp³-hybridized carbons (Fsp3) is 0.550. The Bertz CT molecular complexity index is 823. The molecule has 0 amide bonds. The number of rotatable bonds is 5. The summed E-state index contributed by atoms with van der Waals surface area (Å²) in [6.45, 7) is 5.80. The van der Waals surface area contributed by atoms with Crippen LogP contribution in [0.2, 0.25) is 0 Å². The number of aromatic nitrogens is 3. The quantitative estimate of drug-likeness (QED) is 0.806. The van der Waals surface area contributed by atoms with Gasteiger partial charge in [0, 0.05) is 44.9 Å². The van der Waals surface area contributed by atoms with E-state index in [1.807, 2.05) is 19.3 Å². The number of nitrogens with one attached hydrogen (secondary N) is 2. The zero-order chi connectivity index (χ0) is 19.3. The summed E-state index contributed by atoms with van der Waals surface area (Å²) >= 11 is 0. The lowest BCUT2D eigenvalue weighted by Crippen LogP contribution is -2.39. The molecule has 8 heteroatoms. The number of hydrogen-bond acceptors (Lipinski definition) is 7. The Morgan fingerprint density at radius 3 is 2.68 bits per heavy atom. The lowest BCUT2D eigenvalue weighted by Gasteiger charge is -2.32. The highest BCUT2D eigenvalue weighted by Gasteiger charge is 2.23. The summed E-state index contributed by atoms with van der Waals surface area (Å²) in [5.41, 5.74) is 2.08. The highest BCUT2D eigenvalue weighted by atomic mass is 16.5. The minimum atomic E-state index is -0.0652. The van der Waals surface area contributed by atoms with Gasteiger partial charge in [-0.3, -0.25) is 14.7 Å². The first-order valence-electron chi connectivity index (χ1n) is 10.0. The topological polar surface area (TPSA) is 86.4 Å². The van der Waals surface area contributed by atoms with E-state index < -0.39 is 0 Å². The van der Waals surface area contributed by atoms with E-state index in [4.69, 9.17) is 9.72 Å². The number of morpholine rings is 1. The Hall–Kier alpha value is -2.45. The average molecular weight is 384 g/mol. The van der Waals surface area contributed by atoms with Gasteiger partial charge >= 0.3 is 0 Å². The lowest BCUT2D eigenvalue weighted by atomic mass is 9.93. The van der Waals surface area contributed by atoms with Crippen LogP contribution in [-0.4, -0.2) is 66.3 Å². The van der Waals surface area contributed by atoms with Crippen LogP contribution in [-0.2, 0) is 11.3 Å². The molecule has 0 spiro atoms. The predicted molar refractivity (Wildman–Crippen MR) is 109 cm³/mol. The van der Waals surface area contributed by atoms with E-state index in [1.54, 1.807) is 6.07 Å². The van der Waals surface area contributed by atoms with E-state index in [1.165, 1.54) is 5.56 Å². The lowest BCUT2D eigenvalue weighted by molar-refractivity contribution is 0.122. The number of H-pyrrole nitrogens is 1. The average Bonchev–Trinajstić information content (AvgIpc) is 2.75. The maximum atomic E-state index is 12.2. The second kappa shape index (κ2) is 8.70. The molecule has 2 N–H and O–H groups in total. The fourth-order valence-electron chi connectivity index (χ4n) is 3.91. The summed E-state index contributed by atoms with van der Waals surface area (Å²) in [7, 11) is 1.87. The van der Waals surface area contributed by atoms with Gasteiger partial charge < -0.3 is 15.0 Å². The van der Waals surface area contributed by atoms with Crippen molar-refractivity contribution in [2.45, 2.75) is 25.3 Å². The molecule has 0 unspecified atom stereocenters. The summed E-state index contributed by atoms with van der Waals surface area (Å²) in [6.07, 6.45) is 3.97. The number of anilines is 2. The first-order valence-corrected chi connectivity index (χ1v) is 10.0. The van der Waals surface area contributed by atoms with Crippen LogP contribution < -0.4 is 15.8 Å². The van der Waals surface area contributed by atoms with Gasteiger partial charge in [0.2, 0.25) is 5.95 Å². The molecule has 150 valence electrons. The Labute approximate surface area is 164 Å². The smallest absolute Gasteiger partial charge is 0.252 e. The number of piperidine rings is 1. The van der Waals surface area contributed by atoms with E-state index in [9.17, 15) is 4.79 Å². The van der Waals surface area contributed by atoms with Crippen LogP contribution in [0.3, 0.4) is 0 Å². The maximum absolute atomic E-state index is 12.2. The van der Waals surface area contributed by atoms with E-state index in [-0.39, 0.29) is 5.56 Å². The number of aromatic amines is 1. The largest absolute Gasteiger partial charge is 0.378 e. The van der Waals surface area contributed by atoms with Gasteiger partial charge in [-0.05, 0) is 37.6 Å². The van der Waals surface area contributed by atoms with Crippen molar-refractivity contribution in [3.05, 3.63) is 46.0 Å². The van der Waals surface area contributed by atoms with Crippen molar-refractivity contribution in [2.75, 3.05) is 56.7 Å². The minimum absolute atomic E-state index is 0.0652. The molecule has 0 radical (unpaired) electrons. The third kappa shape index (κ3) is 4.51. The van der Waals surface area contributed by atoms with E-state index in [0.29, 0.717) is 25.1 Å². The van der Waals surface area contributed by atoms with E-state index >= 15 is 0 Å². The monoisotopic (exact) mass is 384 g/mol. The van der Waals surface area contributed by atoms with Gasteiger partial charge in [-0.15, -0.1) is 0 Å². The molecule has 2 aromatic heterocycles. The standard InChI is InChI=1S/C20H28N6O2/c1-21-18-3-2-15(13-22-18)14-25-6-4-16(5-7-25)17-12-19(27)24-20(23-17)26-8-10-28-11-9-26/h2-3,12-13,16H,4-11,14H2,1H3,(H,21,22)(H,23,24,27). The van der Waals surface area contributed by atoms with Crippen LogP contribution in [0.15, 0.2) is 29.2 Å². The molecule has 2 aliphatic rings. The first kappa shape index (κ1) is 18.9. The minimum Gasteiger partial charge on any atom is -0.378 e. The van der Waals surface area contributed by atoms with Gasteiger partial charge in [-0.2, -0.15) is 0 Å². The molecule has 2 aromatic rings. The second-order valence-electron chi connectivity index (χ2n) is 7.45. The number of likely N-dealkylation sites (tertiary alicyclic amines) is 1. The van der Waals surface area contributed by atoms with Crippen molar-refractivity contribution in [2.24, 2.45) is 0 Å². The van der Waals surface area contributed by atoms with Gasteiger partial charge in [-0.1, -0.05) is 6.07 Å². The second-order valence-corrected chi connectivity index (χ2v) is 7.45. The van der Waals surface area contributed by atoms with Crippen LogP contribution in [0.1, 0.15) is 30.0 Å². The van der Waals surface area contributed by atoms with Crippen molar-refractivity contribution in [1.29, 1.82) is 0 Å². The number of pyridine rings is 1. The zero-order valence-corrected chi connectivity index (χ0v) is 16.4.